The van der Waals surface area contributed by atoms with E-state index in [-0.39, 0.29) is 0 Å². The molecule has 2 rings (SSSR count). The summed E-state index contributed by atoms with van der Waals surface area (Å²) < 4.78 is 0. The Hall–Kier alpha value is -0.890. The van der Waals surface area contributed by atoms with Crippen molar-refractivity contribution in [1.29, 1.82) is 0 Å². The lowest BCUT2D eigenvalue weighted by Crippen LogP contribution is -2.01. The van der Waals surface area contributed by atoms with Crippen molar-refractivity contribution in [3.8, 4) is 0 Å². The van der Waals surface area contributed by atoms with Crippen molar-refractivity contribution in [1.82, 2.24) is 4.98 Å². The molecule has 0 bridgehead atoms. The first kappa shape index (κ1) is 6.80. The maximum atomic E-state index is 5.55. The van der Waals surface area contributed by atoms with Crippen LogP contribution >= 0.6 is 0 Å². The zero-order valence-electron chi connectivity index (χ0n) is 6.40. The summed E-state index contributed by atoms with van der Waals surface area (Å²) in [7, 11) is 0. The maximum absolute atomic E-state index is 5.55. The molecular formula is C9H12N2. The van der Waals surface area contributed by atoms with Gasteiger partial charge in [-0.15, -0.1) is 0 Å². The molecule has 0 radical (unpaired) electrons. The molecule has 0 saturated heterocycles. The Morgan fingerprint density at radius 3 is 2.73 bits per heavy atom. The number of nitrogens with zero attached hydrogens (tertiary/aromatic N) is 1. The minimum Gasteiger partial charge on any atom is -0.330 e. The van der Waals surface area contributed by atoms with E-state index in [9.17, 15) is 0 Å². The first-order valence-electron chi connectivity index (χ1n) is 4.02. The average molecular weight is 148 g/mol. The molecule has 1 aromatic heterocycles. The molecule has 2 heteroatoms. The Labute approximate surface area is 66.4 Å². The predicted octanol–water partition coefficient (Wildman–Crippen LogP) is 1.14. The van der Waals surface area contributed by atoms with Gasteiger partial charge in [0.25, 0.3) is 0 Å². The molecule has 1 aromatic rings. The summed E-state index contributed by atoms with van der Waals surface area (Å²) in [6, 6.07) is 4.17. The number of hydrogen-bond donors (Lipinski definition) is 1. The molecule has 11 heavy (non-hydrogen) atoms. The number of nitrogens with two attached hydrogens (primary N) is 1. The smallest absolute Gasteiger partial charge is 0.0270 e. The first-order valence-corrected chi connectivity index (χ1v) is 4.02. The minimum atomic E-state index is 0.725. The largest absolute Gasteiger partial charge is 0.330 e. The van der Waals surface area contributed by atoms with Crippen LogP contribution in [0.15, 0.2) is 24.5 Å². The van der Waals surface area contributed by atoms with E-state index in [1.807, 2.05) is 12.4 Å². The monoisotopic (exact) mass is 148 g/mol. The third-order valence-electron chi connectivity index (χ3n) is 2.36. The van der Waals surface area contributed by atoms with Gasteiger partial charge in [0.05, 0.1) is 0 Å². The molecule has 0 spiro atoms. The molecule has 1 saturated carbocycles. The highest BCUT2D eigenvalue weighted by atomic mass is 14.6. The van der Waals surface area contributed by atoms with Crippen LogP contribution in [-0.4, -0.2) is 11.5 Å². The summed E-state index contributed by atoms with van der Waals surface area (Å²) in [6.07, 6.45) is 4.96. The van der Waals surface area contributed by atoms with Gasteiger partial charge in [-0.25, -0.2) is 0 Å². The van der Waals surface area contributed by atoms with Gasteiger partial charge in [-0.2, -0.15) is 0 Å². The highest BCUT2D eigenvalue weighted by Gasteiger charge is 2.36. The van der Waals surface area contributed by atoms with Gasteiger partial charge in [0.1, 0.15) is 0 Å². The highest BCUT2D eigenvalue weighted by molar-refractivity contribution is 5.23. The van der Waals surface area contributed by atoms with Gasteiger partial charge in [0.2, 0.25) is 0 Å². The number of rotatable bonds is 2. The zero-order valence-corrected chi connectivity index (χ0v) is 6.40. The van der Waals surface area contributed by atoms with Crippen molar-refractivity contribution < 1.29 is 0 Å². The molecule has 1 aliphatic rings. The summed E-state index contributed by atoms with van der Waals surface area (Å²) in [5, 5.41) is 0. The lowest BCUT2D eigenvalue weighted by atomic mass is 10.1. The summed E-state index contributed by atoms with van der Waals surface area (Å²) in [5.74, 6) is 1.46. The Bertz CT molecular complexity index is 233. The van der Waals surface area contributed by atoms with Gasteiger partial charge < -0.3 is 5.73 Å². The van der Waals surface area contributed by atoms with E-state index < -0.39 is 0 Å². The Morgan fingerprint density at radius 1 is 1.45 bits per heavy atom. The van der Waals surface area contributed by atoms with Gasteiger partial charge in [-0.3, -0.25) is 4.98 Å². The SMILES string of the molecule is NC[C@@H]1C[C@@H]1c1ccncc1. The van der Waals surface area contributed by atoms with E-state index in [1.165, 1.54) is 12.0 Å². The third-order valence-corrected chi connectivity index (χ3v) is 2.36. The number of hydrogen-bond acceptors (Lipinski definition) is 2. The molecule has 2 atom stereocenters. The normalized spacial score (nSPS) is 28.5. The second-order valence-corrected chi connectivity index (χ2v) is 3.12. The topological polar surface area (TPSA) is 38.9 Å². The number of pyridine rings is 1. The van der Waals surface area contributed by atoms with Gasteiger partial charge >= 0.3 is 0 Å². The first-order chi connectivity index (χ1) is 5.42. The van der Waals surface area contributed by atoms with Crippen LogP contribution in [0.2, 0.25) is 0 Å². The zero-order chi connectivity index (χ0) is 7.68. The fourth-order valence-corrected chi connectivity index (χ4v) is 1.53. The Balaban J connectivity index is 2.09. The Kier molecular flexibility index (Phi) is 1.62. The second kappa shape index (κ2) is 2.62. The fraction of sp³-hybridized carbons (Fsp3) is 0.444. The molecular weight excluding hydrogens is 136 g/mol. The lowest BCUT2D eigenvalue weighted by Gasteiger charge is -1.95. The van der Waals surface area contributed by atoms with Crippen molar-refractivity contribution in [2.75, 3.05) is 6.54 Å². The van der Waals surface area contributed by atoms with Gasteiger partial charge in [0.15, 0.2) is 0 Å². The van der Waals surface area contributed by atoms with Crippen LogP contribution < -0.4 is 5.73 Å². The minimum absolute atomic E-state index is 0.725. The Morgan fingerprint density at radius 2 is 2.18 bits per heavy atom. The third kappa shape index (κ3) is 1.26. The summed E-state index contributed by atoms with van der Waals surface area (Å²) >= 11 is 0. The molecule has 2 N–H and O–H groups in total. The van der Waals surface area contributed by atoms with Gasteiger partial charge in [-0.05, 0) is 42.5 Å². The molecule has 58 valence electrons. The molecule has 0 unspecified atom stereocenters. The molecule has 2 nitrogen and oxygen atoms in total. The standard InChI is InChI=1S/C9H12N2/c10-6-8-5-9(8)7-1-3-11-4-2-7/h1-4,8-9H,5-6,10H2/t8-,9+/m0/s1. The van der Waals surface area contributed by atoms with Crippen molar-refractivity contribution in [2.24, 2.45) is 11.7 Å². The molecule has 1 fully saturated rings. The molecule has 1 aliphatic carbocycles. The van der Waals surface area contributed by atoms with Crippen molar-refractivity contribution >= 4 is 0 Å². The highest BCUT2D eigenvalue weighted by Crippen LogP contribution is 2.46. The van der Waals surface area contributed by atoms with Crippen molar-refractivity contribution in [3.05, 3.63) is 30.1 Å². The molecule has 0 aromatic carbocycles. The van der Waals surface area contributed by atoms with E-state index in [1.54, 1.807) is 0 Å². The second-order valence-electron chi connectivity index (χ2n) is 3.12. The fourth-order valence-electron chi connectivity index (χ4n) is 1.53. The van der Waals surface area contributed by atoms with Crippen LogP contribution in [0.25, 0.3) is 0 Å². The summed E-state index contributed by atoms with van der Waals surface area (Å²) in [4.78, 5) is 3.98. The van der Waals surface area contributed by atoms with Crippen LogP contribution in [0.5, 0.6) is 0 Å². The average Bonchev–Trinajstić information content (AvgIpc) is 2.85. The van der Waals surface area contributed by atoms with Gasteiger partial charge in [0, 0.05) is 12.4 Å². The van der Waals surface area contributed by atoms with E-state index in [0.717, 1.165) is 18.4 Å². The molecule has 1 heterocycles. The lowest BCUT2D eigenvalue weighted by molar-refractivity contribution is 0.809. The summed E-state index contributed by atoms with van der Waals surface area (Å²) in [5.41, 5.74) is 6.94. The van der Waals surface area contributed by atoms with E-state index in [4.69, 9.17) is 5.73 Å². The maximum Gasteiger partial charge on any atom is 0.0270 e. The predicted molar refractivity (Wildman–Crippen MR) is 44.1 cm³/mol. The van der Waals surface area contributed by atoms with E-state index in [0.29, 0.717) is 0 Å². The van der Waals surface area contributed by atoms with Crippen LogP contribution in [0.4, 0.5) is 0 Å². The van der Waals surface area contributed by atoms with E-state index >= 15 is 0 Å². The van der Waals surface area contributed by atoms with Crippen LogP contribution in [0.1, 0.15) is 17.9 Å². The molecule has 0 aliphatic heterocycles. The number of aromatic nitrogens is 1. The quantitative estimate of drug-likeness (QED) is 0.683. The van der Waals surface area contributed by atoms with Gasteiger partial charge in [-0.1, -0.05) is 0 Å². The van der Waals surface area contributed by atoms with Crippen molar-refractivity contribution in [3.63, 3.8) is 0 Å². The molecule has 0 amide bonds. The van der Waals surface area contributed by atoms with Crippen molar-refractivity contribution in [2.45, 2.75) is 12.3 Å². The van der Waals surface area contributed by atoms with Crippen LogP contribution in [0.3, 0.4) is 0 Å². The summed E-state index contributed by atoms with van der Waals surface area (Å²) in [6.45, 7) is 0.826. The van der Waals surface area contributed by atoms with Crippen LogP contribution in [-0.2, 0) is 0 Å². The van der Waals surface area contributed by atoms with E-state index in [2.05, 4.69) is 17.1 Å². The van der Waals surface area contributed by atoms with Crippen LogP contribution in [0, 0.1) is 5.92 Å².